The smallest absolute Gasteiger partial charge is 0.178 e. The second kappa shape index (κ2) is 4.79. The van der Waals surface area contributed by atoms with Gasteiger partial charge in [0.2, 0.25) is 0 Å². The van der Waals surface area contributed by atoms with Crippen LogP contribution in [0.3, 0.4) is 0 Å². The summed E-state index contributed by atoms with van der Waals surface area (Å²) in [5, 5.41) is 9.15. The predicted molar refractivity (Wildman–Crippen MR) is 64.3 cm³/mol. The van der Waals surface area contributed by atoms with Crippen molar-refractivity contribution in [1.82, 2.24) is 15.2 Å². The number of aryl methyl sites for hydroxylation is 2. The quantitative estimate of drug-likeness (QED) is 0.816. The van der Waals surface area contributed by atoms with E-state index in [1.807, 2.05) is 24.5 Å². The van der Waals surface area contributed by atoms with Gasteiger partial charge >= 0.3 is 0 Å². The molecule has 0 saturated carbocycles. The van der Waals surface area contributed by atoms with E-state index in [-0.39, 0.29) is 0 Å². The molecule has 2 aromatic rings. The normalized spacial score (nSPS) is 10.4. The Morgan fingerprint density at radius 1 is 1.14 bits per heavy atom. The molecule has 0 aliphatic carbocycles. The maximum atomic E-state index is 4.08. The van der Waals surface area contributed by atoms with E-state index in [2.05, 4.69) is 37.8 Å². The van der Waals surface area contributed by atoms with Crippen molar-refractivity contribution in [2.75, 3.05) is 0 Å². The van der Waals surface area contributed by atoms with Gasteiger partial charge in [-0.3, -0.25) is 4.98 Å². The summed E-state index contributed by atoms with van der Waals surface area (Å²) in [6, 6.07) is 4.07. The van der Waals surface area contributed by atoms with E-state index >= 15 is 0 Å². The van der Waals surface area contributed by atoms with Gasteiger partial charge in [-0.1, -0.05) is 11.3 Å². The minimum atomic E-state index is 0.963. The molecule has 0 unspecified atom stereocenters. The fourth-order valence-corrected chi connectivity index (χ4v) is 2.57. The SMILES string of the molecule is Ic1nnc(CCc2ccncc2)s1. The van der Waals surface area contributed by atoms with Crippen molar-refractivity contribution in [3.63, 3.8) is 0 Å². The van der Waals surface area contributed by atoms with E-state index in [0.717, 1.165) is 20.9 Å². The second-order valence-corrected chi connectivity index (χ2v) is 5.62. The lowest BCUT2D eigenvalue weighted by molar-refractivity contribution is 0.898. The Bertz CT molecular complexity index is 401. The molecule has 0 saturated heterocycles. The van der Waals surface area contributed by atoms with Gasteiger partial charge in [-0.2, -0.15) is 0 Å². The molecule has 0 aromatic carbocycles. The van der Waals surface area contributed by atoms with Crippen LogP contribution in [-0.2, 0) is 12.8 Å². The number of nitrogens with zero attached hydrogens (tertiary/aromatic N) is 3. The molecular weight excluding hydrogens is 309 g/mol. The van der Waals surface area contributed by atoms with Crippen LogP contribution in [0.25, 0.3) is 0 Å². The van der Waals surface area contributed by atoms with E-state index < -0.39 is 0 Å². The van der Waals surface area contributed by atoms with Gasteiger partial charge in [0.1, 0.15) is 5.01 Å². The number of aromatic nitrogens is 3. The van der Waals surface area contributed by atoms with E-state index in [4.69, 9.17) is 0 Å². The first kappa shape index (κ1) is 9.97. The van der Waals surface area contributed by atoms with Crippen LogP contribution in [0.15, 0.2) is 24.5 Å². The first-order chi connectivity index (χ1) is 6.84. The van der Waals surface area contributed by atoms with E-state index in [1.54, 1.807) is 11.3 Å². The highest BCUT2D eigenvalue weighted by Crippen LogP contribution is 2.13. The van der Waals surface area contributed by atoms with Crippen LogP contribution in [-0.4, -0.2) is 15.2 Å². The molecular formula is C9H8IN3S. The third-order valence-electron chi connectivity index (χ3n) is 1.82. The highest BCUT2D eigenvalue weighted by atomic mass is 127. The lowest BCUT2D eigenvalue weighted by atomic mass is 10.1. The Hall–Kier alpha value is -0.560. The third kappa shape index (κ3) is 2.71. The van der Waals surface area contributed by atoms with Crippen LogP contribution >= 0.6 is 33.9 Å². The molecule has 0 fully saturated rings. The van der Waals surface area contributed by atoms with Crippen molar-refractivity contribution < 1.29 is 0 Å². The van der Waals surface area contributed by atoms with Crippen molar-refractivity contribution in [1.29, 1.82) is 0 Å². The molecule has 0 aliphatic rings. The molecule has 0 aliphatic heterocycles. The Morgan fingerprint density at radius 3 is 2.57 bits per heavy atom. The summed E-state index contributed by atoms with van der Waals surface area (Å²) in [6.45, 7) is 0. The number of pyridine rings is 1. The topological polar surface area (TPSA) is 38.7 Å². The molecule has 72 valence electrons. The largest absolute Gasteiger partial charge is 0.265 e. The molecule has 2 rings (SSSR count). The molecule has 0 bridgehead atoms. The van der Waals surface area contributed by atoms with Crippen LogP contribution < -0.4 is 0 Å². The number of rotatable bonds is 3. The maximum absolute atomic E-state index is 4.08. The van der Waals surface area contributed by atoms with Crippen LogP contribution in [0, 0.1) is 3.01 Å². The molecule has 0 radical (unpaired) electrons. The Balaban J connectivity index is 1.95. The first-order valence-corrected chi connectivity index (χ1v) is 6.11. The summed E-state index contributed by atoms with van der Waals surface area (Å²) in [5.74, 6) is 0. The van der Waals surface area contributed by atoms with Gasteiger partial charge in [0.05, 0.1) is 0 Å². The van der Waals surface area contributed by atoms with E-state index in [9.17, 15) is 0 Å². The maximum Gasteiger partial charge on any atom is 0.178 e. The van der Waals surface area contributed by atoms with Crippen LogP contribution in [0.2, 0.25) is 0 Å². The average molecular weight is 317 g/mol. The van der Waals surface area contributed by atoms with E-state index in [1.165, 1.54) is 5.56 Å². The summed E-state index contributed by atoms with van der Waals surface area (Å²) in [7, 11) is 0. The highest BCUT2D eigenvalue weighted by Gasteiger charge is 2.01. The number of halogens is 1. The van der Waals surface area contributed by atoms with Crippen molar-refractivity contribution in [3.05, 3.63) is 38.1 Å². The van der Waals surface area contributed by atoms with E-state index in [0.29, 0.717) is 0 Å². The van der Waals surface area contributed by atoms with Crippen molar-refractivity contribution in [3.8, 4) is 0 Å². The zero-order valence-electron chi connectivity index (χ0n) is 7.35. The summed E-state index contributed by atoms with van der Waals surface area (Å²) < 4.78 is 1.01. The summed E-state index contributed by atoms with van der Waals surface area (Å²) in [4.78, 5) is 3.98. The van der Waals surface area contributed by atoms with Gasteiger partial charge in [-0.15, -0.1) is 10.2 Å². The number of hydrogen-bond donors (Lipinski definition) is 0. The minimum Gasteiger partial charge on any atom is -0.265 e. The Labute approximate surface area is 99.7 Å². The lowest BCUT2D eigenvalue weighted by Crippen LogP contribution is -1.90. The molecule has 0 N–H and O–H groups in total. The number of hydrogen-bond acceptors (Lipinski definition) is 4. The summed E-state index contributed by atoms with van der Waals surface area (Å²) in [5.41, 5.74) is 1.30. The molecule has 0 spiro atoms. The van der Waals surface area contributed by atoms with Crippen molar-refractivity contribution in [2.45, 2.75) is 12.8 Å². The van der Waals surface area contributed by atoms with Crippen molar-refractivity contribution >= 4 is 33.9 Å². The van der Waals surface area contributed by atoms with Gasteiger partial charge in [-0.25, -0.2) is 0 Å². The Morgan fingerprint density at radius 2 is 1.93 bits per heavy atom. The van der Waals surface area contributed by atoms with Crippen LogP contribution in [0.4, 0.5) is 0 Å². The summed E-state index contributed by atoms with van der Waals surface area (Å²) >= 11 is 3.85. The predicted octanol–water partition coefficient (Wildman–Crippen LogP) is 2.32. The van der Waals surface area contributed by atoms with Crippen LogP contribution in [0.5, 0.6) is 0 Å². The molecule has 5 heteroatoms. The average Bonchev–Trinajstić information content (AvgIpc) is 2.63. The minimum absolute atomic E-state index is 0.963. The van der Waals surface area contributed by atoms with Gasteiger partial charge in [0, 0.05) is 18.8 Å². The Kier molecular flexibility index (Phi) is 3.41. The standard InChI is InChI=1S/C9H8IN3S/c10-9-13-12-8(14-9)2-1-7-3-5-11-6-4-7/h3-6H,1-2H2. The van der Waals surface area contributed by atoms with Crippen molar-refractivity contribution in [2.24, 2.45) is 0 Å². The fraction of sp³-hybridized carbons (Fsp3) is 0.222. The zero-order valence-corrected chi connectivity index (χ0v) is 10.3. The molecule has 0 atom stereocenters. The fourth-order valence-electron chi connectivity index (χ4n) is 1.13. The molecule has 0 amide bonds. The lowest BCUT2D eigenvalue weighted by Gasteiger charge is -1.96. The highest BCUT2D eigenvalue weighted by molar-refractivity contribution is 14.1. The van der Waals surface area contributed by atoms with Gasteiger partial charge in [0.15, 0.2) is 3.01 Å². The molecule has 14 heavy (non-hydrogen) atoms. The first-order valence-electron chi connectivity index (χ1n) is 4.21. The van der Waals surface area contributed by atoms with Gasteiger partial charge < -0.3 is 0 Å². The summed E-state index contributed by atoms with van der Waals surface area (Å²) in [6.07, 6.45) is 5.61. The monoisotopic (exact) mass is 317 g/mol. The van der Waals surface area contributed by atoms with Gasteiger partial charge in [-0.05, 0) is 46.7 Å². The second-order valence-electron chi connectivity index (χ2n) is 2.80. The van der Waals surface area contributed by atoms with Gasteiger partial charge in [0.25, 0.3) is 0 Å². The zero-order chi connectivity index (χ0) is 9.80. The molecule has 2 heterocycles. The van der Waals surface area contributed by atoms with Crippen LogP contribution in [0.1, 0.15) is 10.6 Å². The third-order valence-corrected chi connectivity index (χ3v) is 3.47. The molecule has 3 nitrogen and oxygen atoms in total. The molecule has 2 aromatic heterocycles.